The van der Waals surface area contributed by atoms with Gasteiger partial charge < -0.3 is 10.6 Å². The van der Waals surface area contributed by atoms with E-state index in [4.69, 9.17) is 5.73 Å². The highest BCUT2D eigenvalue weighted by atomic mass is 79.9. The van der Waals surface area contributed by atoms with Crippen LogP contribution in [-0.2, 0) is 0 Å². The molecule has 2 rings (SSSR count). The molecule has 1 aromatic carbocycles. The zero-order valence-corrected chi connectivity index (χ0v) is 12.4. The molecule has 1 aliphatic rings. The Morgan fingerprint density at radius 1 is 1.32 bits per heavy atom. The smallest absolute Gasteiger partial charge is 0.259 e. The molecule has 1 amide bonds. The summed E-state index contributed by atoms with van der Waals surface area (Å²) < 4.78 is 27.4. The molecule has 0 bridgehead atoms. The van der Waals surface area contributed by atoms with E-state index in [1.54, 1.807) is 0 Å². The molecule has 19 heavy (non-hydrogen) atoms. The minimum atomic E-state index is -0.852. The van der Waals surface area contributed by atoms with E-state index in [1.165, 1.54) is 11.0 Å². The fourth-order valence-electron chi connectivity index (χ4n) is 1.98. The number of hydrogen-bond donors (Lipinski definition) is 1. The average Bonchev–Trinajstić information content (AvgIpc) is 2.35. The van der Waals surface area contributed by atoms with Gasteiger partial charge in [0.2, 0.25) is 0 Å². The molecule has 1 fully saturated rings. The maximum absolute atomic E-state index is 13.8. The minimum Gasteiger partial charge on any atom is -0.338 e. The van der Waals surface area contributed by atoms with E-state index < -0.39 is 23.1 Å². The highest BCUT2D eigenvalue weighted by molar-refractivity contribution is 9.10. The van der Waals surface area contributed by atoms with Gasteiger partial charge in [0, 0.05) is 19.1 Å². The SMILES string of the molecule is Cl.NC1CCN(C(=O)c2c(F)ccc(Br)c2F)CC1. The van der Waals surface area contributed by atoms with Crippen molar-refractivity contribution in [1.82, 2.24) is 4.90 Å². The number of likely N-dealkylation sites (tertiary alicyclic amines) is 1. The first kappa shape index (κ1) is 16.3. The summed E-state index contributed by atoms with van der Waals surface area (Å²) in [6, 6.07) is 2.38. The van der Waals surface area contributed by atoms with E-state index in [0.29, 0.717) is 25.9 Å². The summed E-state index contributed by atoms with van der Waals surface area (Å²) in [5, 5.41) is 0. The van der Waals surface area contributed by atoms with Gasteiger partial charge >= 0.3 is 0 Å². The second-order valence-corrected chi connectivity index (χ2v) is 5.20. The molecule has 1 aliphatic heterocycles. The van der Waals surface area contributed by atoms with Crippen molar-refractivity contribution in [2.45, 2.75) is 18.9 Å². The number of halogens is 4. The highest BCUT2D eigenvalue weighted by Crippen LogP contribution is 2.24. The lowest BCUT2D eigenvalue weighted by Gasteiger charge is -2.30. The monoisotopic (exact) mass is 354 g/mol. The zero-order chi connectivity index (χ0) is 13.3. The van der Waals surface area contributed by atoms with E-state index in [0.717, 1.165) is 6.07 Å². The molecule has 1 aromatic rings. The van der Waals surface area contributed by atoms with Crippen molar-refractivity contribution in [3.05, 3.63) is 33.8 Å². The van der Waals surface area contributed by atoms with Crippen molar-refractivity contribution in [3.8, 4) is 0 Å². The van der Waals surface area contributed by atoms with Crippen LogP contribution in [0.25, 0.3) is 0 Å². The van der Waals surface area contributed by atoms with E-state index in [2.05, 4.69) is 15.9 Å². The maximum atomic E-state index is 13.8. The van der Waals surface area contributed by atoms with Crippen molar-refractivity contribution >= 4 is 34.2 Å². The van der Waals surface area contributed by atoms with Crippen molar-refractivity contribution in [3.63, 3.8) is 0 Å². The summed E-state index contributed by atoms with van der Waals surface area (Å²) in [7, 11) is 0. The van der Waals surface area contributed by atoms with Gasteiger partial charge in [0.05, 0.1) is 4.47 Å². The van der Waals surface area contributed by atoms with E-state index in [9.17, 15) is 13.6 Å². The summed E-state index contributed by atoms with van der Waals surface area (Å²) in [6.07, 6.45) is 1.31. The molecule has 7 heteroatoms. The Morgan fingerprint density at radius 3 is 2.47 bits per heavy atom. The van der Waals surface area contributed by atoms with Crippen LogP contribution < -0.4 is 5.73 Å². The lowest BCUT2D eigenvalue weighted by atomic mass is 10.0. The van der Waals surface area contributed by atoms with Gasteiger partial charge in [0.1, 0.15) is 11.4 Å². The molecule has 3 nitrogen and oxygen atoms in total. The van der Waals surface area contributed by atoms with Crippen LogP contribution in [0.5, 0.6) is 0 Å². The van der Waals surface area contributed by atoms with Crippen LogP contribution in [-0.4, -0.2) is 29.9 Å². The molecule has 0 saturated carbocycles. The fourth-order valence-corrected chi connectivity index (χ4v) is 2.31. The van der Waals surface area contributed by atoms with Crippen LogP contribution in [0, 0.1) is 11.6 Å². The third-order valence-corrected chi connectivity index (χ3v) is 3.70. The van der Waals surface area contributed by atoms with Gasteiger partial charge in [-0.25, -0.2) is 8.78 Å². The van der Waals surface area contributed by atoms with Crippen LogP contribution in [0.15, 0.2) is 16.6 Å². The molecule has 0 radical (unpaired) electrons. The number of benzene rings is 1. The quantitative estimate of drug-likeness (QED) is 0.787. The van der Waals surface area contributed by atoms with Gasteiger partial charge in [-0.05, 0) is 40.9 Å². The first-order valence-corrected chi connectivity index (χ1v) is 6.48. The topological polar surface area (TPSA) is 46.3 Å². The minimum absolute atomic E-state index is 0. The van der Waals surface area contributed by atoms with E-state index >= 15 is 0 Å². The zero-order valence-electron chi connectivity index (χ0n) is 10.0. The number of carbonyl (C=O) groups excluding carboxylic acids is 1. The number of nitrogens with two attached hydrogens (primary N) is 1. The first-order valence-electron chi connectivity index (χ1n) is 5.69. The Balaban J connectivity index is 0.00000180. The van der Waals surface area contributed by atoms with Gasteiger partial charge in [0.25, 0.3) is 5.91 Å². The van der Waals surface area contributed by atoms with Gasteiger partial charge in [-0.2, -0.15) is 0 Å². The third kappa shape index (κ3) is 3.43. The lowest BCUT2D eigenvalue weighted by Crippen LogP contribution is -2.43. The van der Waals surface area contributed by atoms with E-state index in [-0.39, 0.29) is 22.9 Å². The molecule has 0 atom stereocenters. The van der Waals surface area contributed by atoms with Crippen molar-refractivity contribution in [1.29, 1.82) is 0 Å². The summed E-state index contributed by atoms with van der Waals surface area (Å²) in [4.78, 5) is 13.5. The van der Waals surface area contributed by atoms with Gasteiger partial charge in [-0.3, -0.25) is 4.79 Å². The summed E-state index contributed by atoms with van der Waals surface area (Å²) in [5.41, 5.74) is 5.23. The number of amides is 1. The Bertz CT molecular complexity index is 479. The summed E-state index contributed by atoms with van der Waals surface area (Å²) in [5.74, 6) is -2.30. The Labute approximate surface area is 124 Å². The Hall–Kier alpha value is -0.720. The van der Waals surface area contributed by atoms with Crippen LogP contribution in [0.2, 0.25) is 0 Å². The average molecular weight is 356 g/mol. The lowest BCUT2D eigenvalue weighted by molar-refractivity contribution is 0.0704. The number of hydrogen-bond acceptors (Lipinski definition) is 2. The number of nitrogens with zero attached hydrogens (tertiary/aromatic N) is 1. The molecular formula is C12H14BrClF2N2O. The molecule has 1 heterocycles. The predicted molar refractivity (Wildman–Crippen MR) is 74.4 cm³/mol. The number of rotatable bonds is 1. The number of piperidine rings is 1. The Kier molecular flexibility index (Phi) is 5.70. The van der Waals surface area contributed by atoms with Gasteiger partial charge in [-0.15, -0.1) is 12.4 Å². The standard InChI is InChI=1S/C12H13BrF2N2O.ClH/c13-8-1-2-9(14)10(11(8)15)12(18)17-5-3-7(16)4-6-17;/h1-2,7H,3-6,16H2;1H. The second kappa shape index (κ2) is 6.63. The normalized spacial score (nSPS) is 16.1. The predicted octanol–water partition coefficient (Wildman–Crippen LogP) is 2.71. The maximum Gasteiger partial charge on any atom is 0.259 e. The van der Waals surface area contributed by atoms with Crippen LogP contribution in [0.4, 0.5) is 8.78 Å². The van der Waals surface area contributed by atoms with Gasteiger partial charge in [0.15, 0.2) is 5.82 Å². The van der Waals surface area contributed by atoms with Crippen LogP contribution >= 0.6 is 28.3 Å². The summed E-state index contributed by atoms with van der Waals surface area (Å²) in [6.45, 7) is 0.872. The van der Waals surface area contributed by atoms with E-state index in [1.807, 2.05) is 0 Å². The molecule has 0 unspecified atom stereocenters. The Morgan fingerprint density at radius 2 is 1.89 bits per heavy atom. The van der Waals surface area contributed by atoms with Crippen molar-refractivity contribution in [2.75, 3.05) is 13.1 Å². The molecule has 1 saturated heterocycles. The largest absolute Gasteiger partial charge is 0.338 e. The molecule has 0 aliphatic carbocycles. The molecule has 106 valence electrons. The number of carbonyl (C=O) groups is 1. The summed E-state index contributed by atoms with van der Waals surface area (Å²) >= 11 is 2.95. The third-order valence-electron chi connectivity index (χ3n) is 3.08. The molecule has 0 aromatic heterocycles. The fraction of sp³-hybridized carbons (Fsp3) is 0.417. The van der Waals surface area contributed by atoms with Crippen LogP contribution in [0.1, 0.15) is 23.2 Å². The first-order chi connectivity index (χ1) is 8.50. The second-order valence-electron chi connectivity index (χ2n) is 4.35. The van der Waals surface area contributed by atoms with Crippen LogP contribution in [0.3, 0.4) is 0 Å². The van der Waals surface area contributed by atoms with Crippen molar-refractivity contribution < 1.29 is 13.6 Å². The van der Waals surface area contributed by atoms with Crippen molar-refractivity contribution in [2.24, 2.45) is 5.73 Å². The van der Waals surface area contributed by atoms with Gasteiger partial charge in [-0.1, -0.05) is 0 Å². The molecule has 0 spiro atoms. The molecular weight excluding hydrogens is 341 g/mol. The molecule has 2 N–H and O–H groups in total. The highest BCUT2D eigenvalue weighted by Gasteiger charge is 2.27.